The molecule has 23 heavy (non-hydrogen) atoms. The van der Waals surface area contributed by atoms with Crippen molar-refractivity contribution in [3.05, 3.63) is 82.8 Å². The number of esters is 1. The van der Waals surface area contributed by atoms with Gasteiger partial charge in [0.15, 0.2) is 0 Å². The van der Waals surface area contributed by atoms with E-state index < -0.39 is 0 Å². The Morgan fingerprint density at radius 3 is 2.61 bits per heavy atom. The Morgan fingerprint density at radius 2 is 1.83 bits per heavy atom. The molecule has 114 valence electrons. The van der Waals surface area contributed by atoms with E-state index in [1.165, 1.54) is 10.1 Å². The predicted molar refractivity (Wildman–Crippen MR) is 93.7 cm³/mol. The van der Waals surface area contributed by atoms with Gasteiger partial charge in [-0.25, -0.2) is 4.79 Å². The van der Waals surface area contributed by atoms with Crippen LogP contribution in [-0.4, -0.2) is 5.97 Å². The van der Waals surface area contributed by atoms with E-state index in [9.17, 15) is 4.79 Å². The molecule has 1 fully saturated rings. The second-order valence-electron chi connectivity index (χ2n) is 5.87. The van der Waals surface area contributed by atoms with Gasteiger partial charge in [-0.15, -0.1) is 11.3 Å². The van der Waals surface area contributed by atoms with E-state index in [4.69, 9.17) is 4.74 Å². The number of aryl methyl sites for hydroxylation is 1. The lowest BCUT2D eigenvalue weighted by molar-refractivity contribution is -0.139. The highest BCUT2D eigenvalue weighted by molar-refractivity contribution is 7.19. The fourth-order valence-corrected chi connectivity index (χ4v) is 4.42. The van der Waals surface area contributed by atoms with Crippen LogP contribution in [0.1, 0.15) is 28.0 Å². The summed E-state index contributed by atoms with van der Waals surface area (Å²) in [5, 5.41) is 1.20. The van der Waals surface area contributed by atoms with Crippen LogP contribution in [0, 0.1) is 6.92 Å². The highest BCUT2D eigenvalue weighted by Crippen LogP contribution is 2.48. The number of carbonyl (C=O) groups is 1. The van der Waals surface area contributed by atoms with Crippen molar-refractivity contribution >= 4 is 27.4 Å². The summed E-state index contributed by atoms with van der Waals surface area (Å²) in [6.07, 6.45) is -0.288. The van der Waals surface area contributed by atoms with Crippen LogP contribution in [0.5, 0.6) is 0 Å². The van der Waals surface area contributed by atoms with Gasteiger partial charge in [-0.05, 0) is 35.6 Å². The molecular formula is C20H16O2S. The van der Waals surface area contributed by atoms with E-state index >= 15 is 0 Å². The summed E-state index contributed by atoms with van der Waals surface area (Å²) in [4.78, 5) is 13.3. The van der Waals surface area contributed by atoms with Crippen molar-refractivity contribution in [1.82, 2.24) is 0 Å². The molecular weight excluding hydrogens is 304 g/mol. The molecule has 0 amide bonds. The second-order valence-corrected chi connectivity index (χ2v) is 6.99. The third-order valence-corrected chi connectivity index (χ3v) is 5.62. The molecule has 0 saturated carbocycles. The average Bonchev–Trinajstić information content (AvgIpc) is 3.09. The standard InChI is InChI=1S/C20H16O2S/c1-12-7-3-5-9-15(12)19-18(13(2)20(21)22-19)17-11-14-8-4-6-10-16(14)23-17/h3-11,18-19H,2H2,1H3. The van der Waals surface area contributed by atoms with E-state index in [1.54, 1.807) is 11.3 Å². The summed E-state index contributed by atoms with van der Waals surface area (Å²) in [5.74, 6) is -0.401. The normalized spacial score (nSPS) is 20.9. The van der Waals surface area contributed by atoms with Gasteiger partial charge < -0.3 is 4.74 Å². The topological polar surface area (TPSA) is 26.3 Å². The Kier molecular flexibility index (Phi) is 3.31. The summed E-state index contributed by atoms with van der Waals surface area (Å²) < 4.78 is 6.89. The number of cyclic esters (lactones) is 1. The molecule has 2 heterocycles. The quantitative estimate of drug-likeness (QED) is 0.482. The van der Waals surface area contributed by atoms with Crippen molar-refractivity contribution in [3.63, 3.8) is 0 Å². The van der Waals surface area contributed by atoms with Crippen LogP contribution < -0.4 is 0 Å². The monoisotopic (exact) mass is 320 g/mol. The number of fused-ring (bicyclic) bond motifs is 1. The van der Waals surface area contributed by atoms with Crippen LogP contribution in [0.3, 0.4) is 0 Å². The minimum absolute atomic E-state index is 0.110. The summed E-state index contributed by atoms with van der Waals surface area (Å²) >= 11 is 1.71. The van der Waals surface area contributed by atoms with Gasteiger partial charge in [-0.3, -0.25) is 0 Å². The van der Waals surface area contributed by atoms with Crippen molar-refractivity contribution in [2.24, 2.45) is 0 Å². The summed E-state index contributed by atoms with van der Waals surface area (Å²) in [5.41, 5.74) is 2.73. The third-order valence-electron chi connectivity index (χ3n) is 4.42. The third kappa shape index (κ3) is 2.28. The van der Waals surface area contributed by atoms with Crippen molar-refractivity contribution in [3.8, 4) is 0 Å². The van der Waals surface area contributed by atoms with Gasteiger partial charge in [0, 0.05) is 15.2 Å². The SMILES string of the molecule is C=C1C(=O)OC(c2ccccc2C)C1c1cc2ccccc2s1. The molecule has 4 rings (SSSR count). The van der Waals surface area contributed by atoms with Gasteiger partial charge in [0.1, 0.15) is 6.10 Å². The molecule has 2 aromatic carbocycles. The molecule has 2 nitrogen and oxygen atoms in total. The maximum atomic E-state index is 12.2. The van der Waals surface area contributed by atoms with Gasteiger partial charge in [-0.1, -0.05) is 49.0 Å². The van der Waals surface area contributed by atoms with Gasteiger partial charge >= 0.3 is 5.97 Å². The van der Waals surface area contributed by atoms with Crippen molar-refractivity contribution < 1.29 is 9.53 Å². The smallest absolute Gasteiger partial charge is 0.334 e. The minimum atomic E-state index is -0.291. The zero-order valence-corrected chi connectivity index (χ0v) is 13.6. The van der Waals surface area contributed by atoms with Crippen LogP contribution in [0.25, 0.3) is 10.1 Å². The molecule has 2 atom stereocenters. The van der Waals surface area contributed by atoms with E-state index in [-0.39, 0.29) is 18.0 Å². The van der Waals surface area contributed by atoms with Gasteiger partial charge in [0.05, 0.1) is 5.92 Å². The zero-order chi connectivity index (χ0) is 16.0. The maximum Gasteiger partial charge on any atom is 0.334 e. The molecule has 1 aromatic heterocycles. The van der Waals surface area contributed by atoms with E-state index in [1.807, 2.05) is 43.3 Å². The molecule has 1 aliphatic rings. The van der Waals surface area contributed by atoms with Crippen LogP contribution in [0.4, 0.5) is 0 Å². The first-order chi connectivity index (χ1) is 11.1. The fraction of sp³-hybridized carbons (Fsp3) is 0.150. The summed E-state index contributed by atoms with van der Waals surface area (Å²) in [6.45, 7) is 6.05. The number of benzene rings is 2. The lowest BCUT2D eigenvalue weighted by atomic mass is 9.89. The molecule has 0 bridgehead atoms. The lowest BCUT2D eigenvalue weighted by Crippen LogP contribution is -2.07. The molecule has 0 N–H and O–H groups in total. The number of hydrogen-bond donors (Lipinski definition) is 0. The minimum Gasteiger partial charge on any atom is -0.453 e. The molecule has 0 aliphatic carbocycles. The van der Waals surface area contributed by atoms with Crippen molar-refractivity contribution in [2.75, 3.05) is 0 Å². The number of ether oxygens (including phenoxy) is 1. The Balaban J connectivity index is 1.84. The van der Waals surface area contributed by atoms with Crippen LogP contribution in [0.2, 0.25) is 0 Å². The van der Waals surface area contributed by atoms with Crippen LogP contribution >= 0.6 is 11.3 Å². The first kappa shape index (κ1) is 14.2. The van der Waals surface area contributed by atoms with Crippen molar-refractivity contribution in [2.45, 2.75) is 18.9 Å². The molecule has 1 saturated heterocycles. The number of hydrogen-bond acceptors (Lipinski definition) is 3. The molecule has 2 unspecified atom stereocenters. The Morgan fingerprint density at radius 1 is 1.09 bits per heavy atom. The lowest BCUT2D eigenvalue weighted by Gasteiger charge is -2.18. The van der Waals surface area contributed by atoms with Crippen molar-refractivity contribution in [1.29, 1.82) is 0 Å². The molecule has 1 aliphatic heterocycles. The zero-order valence-electron chi connectivity index (χ0n) is 12.8. The highest BCUT2D eigenvalue weighted by atomic mass is 32.1. The Hall–Kier alpha value is -2.39. The van der Waals surface area contributed by atoms with Crippen LogP contribution in [0.15, 0.2) is 66.7 Å². The highest BCUT2D eigenvalue weighted by Gasteiger charge is 2.41. The Bertz CT molecular complexity index is 889. The van der Waals surface area contributed by atoms with Crippen LogP contribution in [-0.2, 0) is 9.53 Å². The first-order valence-corrected chi connectivity index (χ1v) is 8.40. The van der Waals surface area contributed by atoms with E-state index in [0.29, 0.717) is 5.57 Å². The van der Waals surface area contributed by atoms with E-state index in [2.05, 4.69) is 24.8 Å². The Labute approximate surface area is 139 Å². The number of carbonyl (C=O) groups excluding carboxylic acids is 1. The molecule has 0 spiro atoms. The first-order valence-electron chi connectivity index (χ1n) is 7.59. The van der Waals surface area contributed by atoms with E-state index in [0.717, 1.165) is 16.0 Å². The number of thiophene rings is 1. The molecule has 3 heteroatoms. The predicted octanol–water partition coefficient (Wildman–Crippen LogP) is 5.15. The second kappa shape index (κ2) is 5.36. The maximum absolute atomic E-state index is 12.2. The average molecular weight is 320 g/mol. The molecule has 0 radical (unpaired) electrons. The molecule has 3 aromatic rings. The fourth-order valence-electron chi connectivity index (χ4n) is 3.19. The summed E-state index contributed by atoms with van der Waals surface area (Å²) in [6, 6.07) is 18.5. The van der Waals surface area contributed by atoms with Gasteiger partial charge in [0.2, 0.25) is 0 Å². The largest absolute Gasteiger partial charge is 0.453 e. The number of rotatable bonds is 2. The summed E-state index contributed by atoms with van der Waals surface area (Å²) in [7, 11) is 0. The van der Waals surface area contributed by atoms with Gasteiger partial charge in [0.25, 0.3) is 0 Å². The van der Waals surface area contributed by atoms with Gasteiger partial charge in [-0.2, -0.15) is 0 Å².